The summed E-state index contributed by atoms with van der Waals surface area (Å²) in [7, 11) is 1.77. The van der Waals surface area contributed by atoms with Crippen molar-refractivity contribution in [1.82, 2.24) is 30.4 Å². The highest BCUT2D eigenvalue weighted by Crippen LogP contribution is 2.16. The minimum atomic E-state index is 0. The van der Waals surface area contributed by atoms with Crippen molar-refractivity contribution < 1.29 is 0 Å². The van der Waals surface area contributed by atoms with E-state index in [0.717, 1.165) is 54.2 Å². The first-order valence-corrected chi connectivity index (χ1v) is 8.27. The zero-order valence-electron chi connectivity index (χ0n) is 13.6. The SMILES string of the molecule is CN=C(NCc1sc(C)nc1C)NCc1nnc2n1CCC2.I. The van der Waals surface area contributed by atoms with Gasteiger partial charge in [0.2, 0.25) is 0 Å². The molecule has 2 aromatic rings. The molecule has 0 bridgehead atoms. The minimum Gasteiger partial charge on any atom is -0.351 e. The first-order valence-electron chi connectivity index (χ1n) is 7.45. The van der Waals surface area contributed by atoms with Gasteiger partial charge in [0.25, 0.3) is 0 Å². The van der Waals surface area contributed by atoms with Crippen molar-refractivity contribution in [3.05, 3.63) is 27.2 Å². The smallest absolute Gasteiger partial charge is 0.191 e. The average molecular weight is 447 g/mol. The third-order valence-electron chi connectivity index (χ3n) is 3.74. The Morgan fingerprint density at radius 1 is 1.26 bits per heavy atom. The van der Waals surface area contributed by atoms with Crippen molar-refractivity contribution in [2.75, 3.05) is 7.05 Å². The molecule has 9 heteroatoms. The van der Waals surface area contributed by atoms with Crippen LogP contribution in [0.4, 0.5) is 0 Å². The number of fused-ring (bicyclic) bond motifs is 1. The third kappa shape index (κ3) is 4.19. The lowest BCUT2D eigenvalue weighted by molar-refractivity contribution is 0.663. The fraction of sp³-hybridized carbons (Fsp3) is 0.571. The van der Waals surface area contributed by atoms with Crippen LogP contribution in [-0.4, -0.2) is 32.8 Å². The average Bonchev–Trinajstić information content (AvgIpc) is 3.16. The molecule has 126 valence electrons. The fourth-order valence-electron chi connectivity index (χ4n) is 2.63. The van der Waals surface area contributed by atoms with Crippen molar-refractivity contribution >= 4 is 41.3 Å². The molecule has 3 rings (SSSR count). The molecule has 2 aromatic heterocycles. The Labute approximate surface area is 157 Å². The molecule has 2 N–H and O–H groups in total. The van der Waals surface area contributed by atoms with E-state index in [1.54, 1.807) is 18.4 Å². The lowest BCUT2D eigenvalue weighted by Gasteiger charge is -2.11. The Balaban J connectivity index is 0.00000192. The number of aryl methyl sites for hydroxylation is 3. The van der Waals surface area contributed by atoms with Gasteiger partial charge in [0, 0.05) is 24.9 Å². The van der Waals surface area contributed by atoms with Crippen molar-refractivity contribution in [2.24, 2.45) is 4.99 Å². The van der Waals surface area contributed by atoms with Gasteiger partial charge in [-0.3, -0.25) is 4.99 Å². The molecule has 0 aliphatic carbocycles. The van der Waals surface area contributed by atoms with Gasteiger partial charge < -0.3 is 15.2 Å². The first kappa shape index (κ1) is 18.1. The summed E-state index contributed by atoms with van der Waals surface area (Å²) in [5.74, 6) is 2.83. The first-order chi connectivity index (χ1) is 10.7. The highest BCUT2D eigenvalue weighted by molar-refractivity contribution is 14.0. The maximum absolute atomic E-state index is 4.44. The van der Waals surface area contributed by atoms with Crippen molar-refractivity contribution in [2.45, 2.75) is 46.3 Å². The highest BCUT2D eigenvalue weighted by atomic mass is 127. The number of aliphatic imine (C=N–C) groups is 1. The van der Waals surface area contributed by atoms with E-state index in [9.17, 15) is 0 Å². The minimum absolute atomic E-state index is 0. The van der Waals surface area contributed by atoms with Crippen LogP contribution in [-0.2, 0) is 26.1 Å². The second kappa shape index (κ2) is 8.04. The van der Waals surface area contributed by atoms with E-state index in [4.69, 9.17) is 0 Å². The Hall–Kier alpha value is -1.23. The largest absolute Gasteiger partial charge is 0.351 e. The topological polar surface area (TPSA) is 80.0 Å². The Morgan fingerprint density at radius 3 is 2.74 bits per heavy atom. The molecule has 1 aliphatic heterocycles. The van der Waals surface area contributed by atoms with Gasteiger partial charge in [-0.15, -0.1) is 45.5 Å². The lowest BCUT2D eigenvalue weighted by atomic mass is 10.4. The van der Waals surface area contributed by atoms with E-state index in [1.165, 1.54) is 4.88 Å². The number of hydrogen-bond donors (Lipinski definition) is 2. The summed E-state index contributed by atoms with van der Waals surface area (Å²) in [6.45, 7) is 6.45. The number of nitrogens with zero attached hydrogens (tertiary/aromatic N) is 5. The molecule has 0 atom stereocenters. The van der Waals surface area contributed by atoms with Gasteiger partial charge in [-0.1, -0.05) is 0 Å². The molecule has 0 unspecified atom stereocenters. The van der Waals surface area contributed by atoms with Crippen LogP contribution >= 0.6 is 35.3 Å². The zero-order chi connectivity index (χ0) is 15.5. The van der Waals surface area contributed by atoms with Crippen LogP contribution in [0.2, 0.25) is 0 Å². The van der Waals surface area contributed by atoms with E-state index < -0.39 is 0 Å². The molecule has 3 heterocycles. The molecule has 0 saturated carbocycles. The van der Waals surface area contributed by atoms with Crippen LogP contribution < -0.4 is 10.6 Å². The molecule has 23 heavy (non-hydrogen) atoms. The van der Waals surface area contributed by atoms with Gasteiger partial charge in [0.05, 0.1) is 23.8 Å². The van der Waals surface area contributed by atoms with Crippen molar-refractivity contribution in [3.63, 3.8) is 0 Å². The standard InChI is InChI=1S/C14H21N7S.HI/c1-9-11(22-10(2)18-9)7-16-14(15-3)17-8-13-20-19-12-5-4-6-21(12)13;/h4-8H2,1-3H3,(H2,15,16,17);1H. The maximum Gasteiger partial charge on any atom is 0.191 e. The van der Waals surface area contributed by atoms with Crippen LogP contribution in [0.3, 0.4) is 0 Å². The van der Waals surface area contributed by atoms with Crippen molar-refractivity contribution in [3.8, 4) is 0 Å². The Bertz CT molecular complexity index is 691. The van der Waals surface area contributed by atoms with Crippen molar-refractivity contribution in [1.29, 1.82) is 0 Å². The number of aromatic nitrogens is 4. The fourth-order valence-corrected chi connectivity index (χ4v) is 3.50. The molecular weight excluding hydrogens is 425 g/mol. The molecule has 0 spiro atoms. The molecule has 0 saturated heterocycles. The second-order valence-electron chi connectivity index (χ2n) is 5.31. The monoisotopic (exact) mass is 447 g/mol. The van der Waals surface area contributed by atoms with Crippen LogP contribution in [0.25, 0.3) is 0 Å². The van der Waals surface area contributed by atoms with E-state index in [0.29, 0.717) is 6.54 Å². The van der Waals surface area contributed by atoms with Gasteiger partial charge in [-0.05, 0) is 20.3 Å². The number of halogens is 1. The highest BCUT2D eigenvalue weighted by Gasteiger charge is 2.17. The number of guanidine groups is 1. The number of rotatable bonds is 4. The third-order valence-corrected chi connectivity index (χ3v) is 4.81. The Kier molecular flexibility index (Phi) is 6.33. The van der Waals surface area contributed by atoms with Crippen LogP contribution in [0, 0.1) is 13.8 Å². The summed E-state index contributed by atoms with van der Waals surface area (Å²) in [5.41, 5.74) is 1.08. The van der Waals surface area contributed by atoms with Gasteiger partial charge in [0.15, 0.2) is 11.8 Å². The summed E-state index contributed by atoms with van der Waals surface area (Å²) < 4.78 is 2.19. The molecule has 1 aliphatic rings. The van der Waals surface area contributed by atoms with Gasteiger partial charge in [-0.25, -0.2) is 4.98 Å². The molecule has 0 amide bonds. The lowest BCUT2D eigenvalue weighted by Crippen LogP contribution is -2.36. The van der Waals surface area contributed by atoms with E-state index >= 15 is 0 Å². The van der Waals surface area contributed by atoms with Gasteiger partial charge >= 0.3 is 0 Å². The van der Waals surface area contributed by atoms with Crippen LogP contribution in [0.15, 0.2) is 4.99 Å². The molecule has 0 radical (unpaired) electrons. The summed E-state index contributed by atoms with van der Waals surface area (Å²) in [5, 5.41) is 16.2. The maximum atomic E-state index is 4.44. The number of nitrogens with one attached hydrogen (secondary N) is 2. The van der Waals surface area contributed by atoms with E-state index in [1.807, 2.05) is 13.8 Å². The molecular formula is C14H22IN7S. The summed E-state index contributed by atoms with van der Waals surface area (Å²) >= 11 is 1.72. The predicted molar refractivity (Wildman–Crippen MR) is 102 cm³/mol. The number of thiazole rings is 1. The number of hydrogen-bond acceptors (Lipinski definition) is 5. The van der Waals surface area contributed by atoms with Crippen LogP contribution in [0.1, 0.15) is 33.6 Å². The predicted octanol–water partition coefficient (Wildman–Crippen LogP) is 1.78. The van der Waals surface area contributed by atoms with E-state index in [2.05, 4.69) is 35.4 Å². The quantitative estimate of drug-likeness (QED) is 0.425. The second-order valence-corrected chi connectivity index (χ2v) is 6.60. The van der Waals surface area contributed by atoms with E-state index in [-0.39, 0.29) is 24.0 Å². The normalized spacial score (nSPS) is 13.6. The molecule has 7 nitrogen and oxygen atoms in total. The molecule has 0 aromatic carbocycles. The summed E-state index contributed by atoms with van der Waals surface area (Å²) in [6, 6.07) is 0. The zero-order valence-corrected chi connectivity index (χ0v) is 16.7. The molecule has 0 fully saturated rings. The summed E-state index contributed by atoms with van der Waals surface area (Å²) in [4.78, 5) is 9.93. The Morgan fingerprint density at radius 2 is 2.04 bits per heavy atom. The van der Waals surface area contributed by atoms with Crippen LogP contribution in [0.5, 0.6) is 0 Å². The van der Waals surface area contributed by atoms with Gasteiger partial charge in [-0.2, -0.15) is 0 Å². The van der Waals surface area contributed by atoms with Gasteiger partial charge in [0.1, 0.15) is 5.82 Å². The summed E-state index contributed by atoms with van der Waals surface area (Å²) in [6.07, 6.45) is 2.19.